The molecule has 1 unspecified atom stereocenters. The predicted octanol–water partition coefficient (Wildman–Crippen LogP) is 5.44. The number of carbonyl (C=O) groups excluding carboxylic acids is 3. The molecule has 44 heavy (non-hydrogen) atoms. The Bertz CT molecular complexity index is 1740. The minimum atomic E-state index is -1.13. The van der Waals surface area contributed by atoms with E-state index in [1.807, 2.05) is 6.07 Å². The van der Waals surface area contributed by atoms with E-state index < -0.39 is 42.0 Å². The molecule has 0 saturated heterocycles. The van der Waals surface area contributed by atoms with Crippen molar-refractivity contribution < 1.29 is 23.9 Å². The van der Waals surface area contributed by atoms with Gasteiger partial charge in [-0.3, -0.25) is 4.79 Å². The quantitative estimate of drug-likeness (QED) is 0.239. The largest absolute Gasteiger partial charge is 0.444 e. The molecule has 3 aromatic carbocycles. The molecule has 0 fully saturated rings. The SMILES string of the molecule is CC(C)(C)OC(=O)NC(Cc1ccccc1)C(=O)OCn1c(=NC(=O)c2ccc(Cl)cc2)sn(Cc2ccc(Cl)cc2)c1=O. The van der Waals surface area contributed by atoms with Crippen molar-refractivity contribution in [1.82, 2.24) is 13.8 Å². The van der Waals surface area contributed by atoms with Crippen LogP contribution in [0.15, 0.2) is 88.6 Å². The molecule has 1 N–H and O–H groups in total. The molecule has 2 amide bonds. The second-order valence-corrected chi connectivity index (χ2v) is 12.5. The van der Waals surface area contributed by atoms with Gasteiger partial charge < -0.3 is 14.8 Å². The van der Waals surface area contributed by atoms with Crippen LogP contribution < -0.4 is 15.8 Å². The Kier molecular flexibility index (Phi) is 10.8. The molecule has 0 aliphatic rings. The van der Waals surface area contributed by atoms with Crippen LogP contribution in [0.4, 0.5) is 4.79 Å². The number of alkyl carbamates (subject to hydrolysis) is 1. The van der Waals surface area contributed by atoms with E-state index in [1.165, 1.54) is 16.1 Å². The molecule has 4 aromatic rings. The average molecular weight is 658 g/mol. The van der Waals surface area contributed by atoms with Gasteiger partial charge in [0, 0.05) is 22.0 Å². The van der Waals surface area contributed by atoms with E-state index in [2.05, 4.69) is 10.3 Å². The molecule has 10 nitrogen and oxygen atoms in total. The predicted molar refractivity (Wildman–Crippen MR) is 168 cm³/mol. The molecule has 0 saturated carbocycles. The number of nitrogens with zero attached hydrogens (tertiary/aromatic N) is 3. The highest BCUT2D eigenvalue weighted by Gasteiger charge is 2.26. The van der Waals surface area contributed by atoms with E-state index >= 15 is 0 Å². The van der Waals surface area contributed by atoms with Gasteiger partial charge in [0.05, 0.1) is 6.54 Å². The van der Waals surface area contributed by atoms with Gasteiger partial charge in [-0.05, 0) is 79.8 Å². The van der Waals surface area contributed by atoms with Crippen molar-refractivity contribution in [2.45, 2.75) is 52.1 Å². The summed E-state index contributed by atoms with van der Waals surface area (Å²) in [5, 5.41) is 3.56. The lowest BCUT2D eigenvalue weighted by Gasteiger charge is -2.23. The van der Waals surface area contributed by atoms with Crippen LogP contribution in [-0.2, 0) is 34.0 Å². The van der Waals surface area contributed by atoms with Crippen LogP contribution in [0.5, 0.6) is 0 Å². The number of halogens is 2. The van der Waals surface area contributed by atoms with Crippen molar-refractivity contribution in [3.05, 3.63) is 121 Å². The van der Waals surface area contributed by atoms with Crippen LogP contribution in [0.3, 0.4) is 0 Å². The van der Waals surface area contributed by atoms with Gasteiger partial charge in [-0.15, -0.1) is 0 Å². The highest BCUT2D eigenvalue weighted by Crippen LogP contribution is 2.13. The first kappa shape index (κ1) is 32.7. The Morgan fingerprint density at radius 3 is 2.14 bits per heavy atom. The number of esters is 1. The maximum absolute atomic E-state index is 13.5. The summed E-state index contributed by atoms with van der Waals surface area (Å²) >= 11 is 12.9. The fraction of sp³-hybridized carbons (Fsp3) is 0.258. The number of ether oxygens (including phenoxy) is 2. The monoisotopic (exact) mass is 656 g/mol. The van der Waals surface area contributed by atoms with E-state index in [1.54, 1.807) is 81.4 Å². The van der Waals surface area contributed by atoms with Crippen molar-refractivity contribution in [2.24, 2.45) is 4.99 Å². The van der Waals surface area contributed by atoms with Crippen molar-refractivity contribution >= 4 is 52.7 Å². The van der Waals surface area contributed by atoms with Crippen LogP contribution >= 0.6 is 34.7 Å². The molecule has 0 radical (unpaired) electrons. The molecule has 0 aliphatic heterocycles. The molecule has 0 aliphatic carbocycles. The number of hydrogen-bond acceptors (Lipinski definition) is 7. The lowest BCUT2D eigenvalue weighted by atomic mass is 10.1. The van der Waals surface area contributed by atoms with Crippen molar-refractivity contribution in [1.29, 1.82) is 0 Å². The Hall–Kier alpha value is -4.19. The van der Waals surface area contributed by atoms with Gasteiger partial charge in [-0.25, -0.2) is 22.9 Å². The second kappa shape index (κ2) is 14.5. The maximum Gasteiger partial charge on any atom is 0.408 e. The maximum atomic E-state index is 13.5. The Balaban J connectivity index is 1.63. The summed E-state index contributed by atoms with van der Waals surface area (Å²) < 4.78 is 13.3. The highest BCUT2D eigenvalue weighted by molar-refractivity contribution is 7.03. The fourth-order valence-electron chi connectivity index (χ4n) is 3.92. The first-order valence-electron chi connectivity index (χ1n) is 13.5. The number of amides is 2. The number of carbonyl (C=O) groups is 3. The third-order valence-electron chi connectivity index (χ3n) is 5.99. The van der Waals surface area contributed by atoms with Crippen molar-refractivity contribution in [2.75, 3.05) is 0 Å². The molecule has 0 bridgehead atoms. The number of benzene rings is 3. The second-order valence-electron chi connectivity index (χ2n) is 10.7. The van der Waals surface area contributed by atoms with Crippen molar-refractivity contribution in [3.8, 4) is 0 Å². The van der Waals surface area contributed by atoms with E-state index in [0.29, 0.717) is 10.0 Å². The average Bonchev–Trinajstić information content (AvgIpc) is 3.25. The summed E-state index contributed by atoms with van der Waals surface area (Å²) in [6.45, 7) is 4.72. The van der Waals surface area contributed by atoms with Crippen molar-refractivity contribution in [3.63, 3.8) is 0 Å². The Labute approximate surface area is 267 Å². The Morgan fingerprint density at radius 1 is 0.909 bits per heavy atom. The molecule has 13 heteroatoms. The van der Waals surface area contributed by atoms with Gasteiger partial charge in [-0.1, -0.05) is 65.7 Å². The number of hydrogen-bond donors (Lipinski definition) is 1. The molecular formula is C31H30Cl2N4O6S. The summed E-state index contributed by atoms with van der Waals surface area (Å²) in [4.78, 5) is 56.5. The van der Waals surface area contributed by atoms with E-state index in [9.17, 15) is 19.2 Å². The first-order chi connectivity index (χ1) is 20.9. The summed E-state index contributed by atoms with van der Waals surface area (Å²) in [7, 11) is 0. The fourth-order valence-corrected chi connectivity index (χ4v) is 5.11. The smallest absolute Gasteiger partial charge is 0.408 e. The first-order valence-corrected chi connectivity index (χ1v) is 15.0. The molecule has 1 atom stereocenters. The van der Waals surface area contributed by atoms with Crippen LogP contribution in [-0.4, -0.2) is 38.1 Å². The lowest BCUT2D eigenvalue weighted by molar-refractivity contribution is -0.150. The standard InChI is InChI=1S/C31H30Cl2N4O6S/c1-31(2,3)43-29(40)34-25(17-20-7-5-4-6-8-20)27(39)42-19-36-28(35-26(38)22-11-15-24(33)16-12-22)44-37(30(36)41)18-21-9-13-23(32)14-10-21/h4-16,25H,17-19H2,1-3H3,(H,34,40). The Morgan fingerprint density at radius 2 is 1.52 bits per heavy atom. The molecule has 1 heterocycles. The number of aromatic nitrogens is 2. The minimum Gasteiger partial charge on any atom is -0.444 e. The van der Waals surface area contributed by atoms with Crippen LogP contribution in [0.1, 0.15) is 42.3 Å². The van der Waals surface area contributed by atoms with E-state index in [4.69, 9.17) is 32.7 Å². The van der Waals surface area contributed by atoms with Gasteiger partial charge in [-0.2, -0.15) is 4.99 Å². The lowest BCUT2D eigenvalue weighted by Crippen LogP contribution is -2.46. The van der Waals surface area contributed by atoms with Gasteiger partial charge in [0.15, 0.2) is 6.73 Å². The molecule has 1 aromatic heterocycles. The normalized spacial score (nSPS) is 12.4. The van der Waals surface area contributed by atoms with Crippen LogP contribution in [0, 0.1) is 0 Å². The third-order valence-corrected chi connectivity index (χ3v) is 7.47. The zero-order valence-corrected chi connectivity index (χ0v) is 26.5. The van der Waals surface area contributed by atoms with Crippen LogP contribution in [0.25, 0.3) is 0 Å². The van der Waals surface area contributed by atoms with E-state index in [0.717, 1.165) is 27.2 Å². The molecule has 230 valence electrons. The number of rotatable bonds is 9. The van der Waals surface area contributed by atoms with Crippen LogP contribution in [0.2, 0.25) is 10.0 Å². The zero-order valence-electron chi connectivity index (χ0n) is 24.2. The zero-order chi connectivity index (χ0) is 31.9. The van der Waals surface area contributed by atoms with Gasteiger partial charge >= 0.3 is 17.8 Å². The molecule has 4 rings (SSSR count). The minimum absolute atomic E-state index is 0.0106. The van der Waals surface area contributed by atoms with Gasteiger partial charge in [0.25, 0.3) is 5.91 Å². The summed E-state index contributed by atoms with van der Waals surface area (Å²) in [5.41, 5.74) is 0.456. The summed E-state index contributed by atoms with van der Waals surface area (Å²) in [5.74, 6) is -1.42. The summed E-state index contributed by atoms with van der Waals surface area (Å²) in [6, 6.07) is 21.0. The van der Waals surface area contributed by atoms with E-state index in [-0.39, 0.29) is 23.3 Å². The van der Waals surface area contributed by atoms with Gasteiger partial charge in [0.1, 0.15) is 11.6 Å². The molecular weight excluding hydrogens is 627 g/mol. The molecule has 0 spiro atoms. The van der Waals surface area contributed by atoms with Gasteiger partial charge in [0.2, 0.25) is 4.80 Å². The third kappa shape index (κ3) is 9.40. The summed E-state index contributed by atoms with van der Waals surface area (Å²) in [6.07, 6.45) is -0.687. The highest BCUT2D eigenvalue weighted by atomic mass is 35.5. The number of nitrogens with one attached hydrogen (secondary N) is 1. The topological polar surface area (TPSA) is 121 Å².